The summed E-state index contributed by atoms with van der Waals surface area (Å²) in [6.07, 6.45) is 1.94. The van der Waals surface area contributed by atoms with Crippen LogP contribution in [0.5, 0.6) is 5.75 Å². The first kappa shape index (κ1) is 18.7. The van der Waals surface area contributed by atoms with Crippen molar-refractivity contribution >= 4 is 11.6 Å². The second-order valence-electron chi connectivity index (χ2n) is 6.36. The fraction of sp³-hybridized carbons (Fsp3) is 0.273. The summed E-state index contributed by atoms with van der Waals surface area (Å²) in [5.74, 6) is 1.01. The first-order valence-electron chi connectivity index (χ1n) is 9.17. The van der Waals surface area contributed by atoms with Crippen molar-refractivity contribution < 1.29 is 14.1 Å². The Hall–Kier alpha value is -3.08. The van der Waals surface area contributed by atoms with E-state index in [1.165, 1.54) is 11.1 Å². The van der Waals surface area contributed by atoms with E-state index >= 15 is 0 Å². The van der Waals surface area contributed by atoms with Crippen LogP contribution < -0.4 is 10.1 Å². The molecular formula is C22H24N2O3. The van der Waals surface area contributed by atoms with Crippen LogP contribution in [0.15, 0.2) is 53.1 Å². The average Bonchev–Trinajstić information content (AvgIpc) is 3.08. The van der Waals surface area contributed by atoms with Gasteiger partial charge in [-0.15, -0.1) is 0 Å². The molecule has 1 heterocycles. The summed E-state index contributed by atoms with van der Waals surface area (Å²) in [4.78, 5) is 12.6. The molecule has 0 unspecified atom stereocenters. The van der Waals surface area contributed by atoms with Gasteiger partial charge in [0, 0.05) is 5.69 Å². The van der Waals surface area contributed by atoms with Crippen LogP contribution >= 0.6 is 0 Å². The smallest absolute Gasteiger partial charge is 0.278 e. The first-order chi connectivity index (χ1) is 13.1. The highest BCUT2D eigenvalue weighted by molar-refractivity contribution is 6.03. The number of carbonyl (C=O) groups excluding carboxylic acids is 1. The standard InChI is InChI=1S/C22H24N2O3/c1-4-16-6-10-18(11-7-16)23-22(25)21-20(15(3)27-24-21)14-26-19-12-8-17(5-2)9-13-19/h6-13H,4-5,14H2,1-3H3,(H,23,25). The minimum Gasteiger partial charge on any atom is -0.489 e. The minimum absolute atomic E-state index is 0.221. The van der Waals surface area contributed by atoms with Gasteiger partial charge in [0.15, 0.2) is 5.69 Å². The lowest BCUT2D eigenvalue weighted by Gasteiger charge is -2.08. The number of amides is 1. The lowest BCUT2D eigenvalue weighted by atomic mass is 10.1. The van der Waals surface area contributed by atoms with E-state index in [0.29, 0.717) is 11.3 Å². The number of nitrogens with zero attached hydrogens (tertiary/aromatic N) is 1. The molecule has 3 rings (SSSR count). The van der Waals surface area contributed by atoms with Crippen molar-refractivity contribution in [1.29, 1.82) is 0 Å². The third-order valence-electron chi connectivity index (χ3n) is 4.53. The van der Waals surface area contributed by atoms with Gasteiger partial charge in [-0.3, -0.25) is 4.79 Å². The quantitative estimate of drug-likeness (QED) is 0.645. The Bertz CT molecular complexity index is 896. The Morgan fingerprint density at radius 2 is 1.59 bits per heavy atom. The van der Waals surface area contributed by atoms with Crippen molar-refractivity contribution in [2.75, 3.05) is 5.32 Å². The number of hydrogen-bond donors (Lipinski definition) is 1. The number of rotatable bonds is 7. The lowest BCUT2D eigenvalue weighted by Crippen LogP contribution is -2.15. The van der Waals surface area contributed by atoms with Crippen LogP contribution in [0.2, 0.25) is 0 Å². The molecule has 140 valence electrons. The molecule has 5 heteroatoms. The number of hydrogen-bond acceptors (Lipinski definition) is 4. The molecule has 2 aromatic carbocycles. The Morgan fingerprint density at radius 3 is 2.19 bits per heavy atom. The maximum absolute atomic E-state index is 12.6. The molecule has 1 amide bonds. The fourth-order valence-electron chi connectivity index (χ4n) is 2.73. The molecule has 5 nitrogen and oxygen atoms in total. The number of aromatic nitrogens is 1. The van der Waals surface area contributed by atoms with Crippen molar-refractivity contribution in [2.24, 2.45) is 0 Å². The molecule has 0 saturated heterocycles. The third-order valence-corrected chi connectivity index (χ3v) is 4.53. The van der Waals surface area contributed by atoms with Crippen molar-refractivity contribution in [3.63, 3.8) is 0 Å². The highest BCUT2D eigenvalue weighted by Crippen LogP contribution is 2.20. The number of carbonyl (C=O) groups is 1. The molecular weight excluding hydrogens is 340 g/mol. The molecule has 0 atom stereocenters. The molecule has 0 aliphatic heterocycles. The third kappa shape index (κ3) is 4.56. The largest absolute Gasteiger partial charge is 0.489 e. The average molecular weight is 364 g/mol. The van der Waals surface area contributed by atoms with Gasteiger partial charge in [0.05, 0.1) is 5.56 Å². The number of aryl methyl sites for hydroxylation is 3. The molecule has 1 aromatic heterocycles. The lowest BCUT2D eigenvalue weighted by molar-refractivity contribution is 0.101. The normalized spacial score (nSPS) is 10.6. The molecule has 0 aliphatic carbocycles. The van der Waals surface area contributed by atoms with Gasteiger partial charge >= 0.3 is 0 Å². The van der Waals surface area contributed by atoms with E-state index in [2.05, 4.69) is 24.3 Å². The highest BCUT2D eigenvalue weighted by Gasteiger charge is 2.20. The van der Waals surface area contributed by atoms with E-state index in [1.807, 2.05) is 48.5 Å². The van der Waals surface area contributed by atoms with Crippen LogP contribution in [-0.4, -0.2) is 11.1 Å². The summed E-state index contributed by atoms with van der Waals surface area (Å²) in [6.45, 7) is 6.20. The van der Waals surface area contributed by atoms with Crippen LogP contribution in [0.4, 0.5) is 5.69 Å². The van der Waals surface area contributed by atoms with Gasteiger partial charge in [0.25, 0.3) is 5.91 Å². The number of anilines is 1. The first-order valence-corrected chi connectivity index (χ1v) is 9.17. The minimum atomic E-state index is -0.309. The maximum atomic E-state index is 12.6. The van der Waals surface area contributed by atoms with Crippen molar-refractivity contribution in [3.05, 3.63) is 76.7 Å². The van der Waals surface area contributed by atoms with Gasteiger partial charge in [0.2, 0.25) is 0 Å². The van der Waals surface area contributed by atoms with Crippen LogP contribution in [0.1, 0.15) is 46.8 Å². The predicted molar refractivity (Wildman–Crippen MR) is 105 cm³/mol. The van der Waals surface area contributed by atoms with E-state index in [-0.39, 0.29) is 18.2 Å². The van der Waals surface area contributed by atoms with Crippen molar-refractivity contribution in [3.8, 4) is 5.75 Å². The Labute approximate surface area is 159 Å². The zero-order valence-corrected chi connectivity index (χ0v) is 15.9. The van der Waals surface area contributed by atoms with E-state index in [1.54, 1.807) is 6.92 Å². The molecule has 0 aliphatic rings. The van der Waals surface area contributed by atoms with E-state index in [9.17, 15) is 4.79 Å². The predicted octanol–water partition coefficient (Wildman–Crippen LogP) is 4.94. The molecule has 27 heavy (non-hydrogen) atoms. The molecule has 0 radical (unpaired) electrons. The highest BCUT2D eigenvalue weighted by atomic mass is 16.5. The monoisotopic (exact) mass is 364 g/mol. The Kier molecular flexibility index (Phi) is 5.91. The van der Waals surface area contributed by atoms with Crippen molar-refractivity contribution in [2.45, 2.75) is 40.2 Å². The summed E-state index contributed by atoms with van der Waals surface area (Å²) in [6, 6.07) is 15.7. The van der Waals surface area contributed by atoms with E-state index in [0.717, 1.165) is 24.3 Å². The summed E-state index contributed by atoms with van der Waals surface area (Å²) >= 11 is 0. The van der Waals surface area contributed by atoms with Gasteiger partial charge < -0.3 is 14.6 Å². The van der Waals surface area contributed by atoms with Crippen molar-refractivity contribution in [1.82, 2.24) is 5.16 Å². The summed E-state index contributed by atoms with van der Waals surface area (Å²) in [5.41, 5.74) is 4.08. The molecule has 3 aromatic rings. The summed E-state index contributed by atoms with van der Waals surface area (Å²) in [5, 5.41) is 6.78. The summed E-state index contributed by atoms with van der Waals surface area (Å²) < 4.78 is 11.0. The van der Waals surface area contributed by atoms with Crippen LogP contribution in [-0.2, 0) is 19.4 Å². The molecule has 1 N–H and O–H groups in total. The molecule has 0 bridgehead atoms. The van der Waals surface area contributed by atoms with Crippen LogP contribution in [0.25, 0.3) is 0 Å². The SMILES string of the molecule is CCc1ccc(NC(=O)c2noc(C)c2COc2ccc(CC)cc2)cc1. The summed E-state index contributed by atoms with van der Waals surface area (Å²) in [7, 11) is 0. The zero-order valence-electron chi connectivity index (χ0n) is 15.9. The van der Waals surface area contributed by atoms with Crippen LogP contribution in [0, 0.1) is 6.92 Å². The fourth-order valence-corrected chi connectivity index (χ4v) is 2.73. The Balaban J connectivity index is 1.69. The van der Waals surface area contributed by atoms with Gasteiger partial charge in [-0.05, 0) is 55.2 Å². The van der Waals surface area contributed by atoms with Gasteiger partial charge in [-0.2, -0.15) is 0 Å². The second kappa shape index (κ2) is 8.54. The van der Waals surface area contributed by atoms with Crippen LogP contribution in [0.3, 0.4) is 0 Å². The molecule has 0 saturated carbocycles. The van der Waals surface area contributed by atoms with Gasteiger partial charge in [0.1, 0.15) is 18.1 Å². The van der Waals surface area contributed by atoms with E-state index < -0.39 is 0 Å². The Morgan fingerprint density at radius 1 is 1.00 bits per heavy atom. The van der Waals surface area contributed by atoms with Gasteiger partial charge in [-0.1, -0.05) is 43.3 Å². The number of nitrogens with one attached hydrogen (secondary N) is 1. The number of ether oxygens (including phenoxy) is 1. The second-order valence-corrected chi connectivity index (χ2v) is 6.36. The zero-order chi connectivity index (χ0) is 19.2. The topological polar surface area (TPSA) is 64.4 Å². The molecule has 0 fully saturated rings. The van der Waals surface area contributed by atoms with E-state index in [4.69, 9.17) is 9.26 Å². The molecule has 0 spiro atoms. The number of benzene rings is 2. The maximum Gasteiger partial charge on any atom is 0.278 e. The van der Waals surface area contributed by atoms with Gasteiger partial charge in [-0.25, -0.2) is 0 Å².